The molecular weight excluding hydrogens is 484 g/mol. The van der Waals surface area contributed by atoms with E-state index in [2.05, 4.69) is 4.98 Å². The van der Waals surface area contributed by atoms with Crippen LogP contribution in [0.1, 0.15) is 53.4 Å². The van der Waals surface area contributed by atoms with Gasteiger partial charge in [0.1, 0.15) is 16.1 Å². The monoisotopic (exact) mass is 514 g/mol. The van der Waals surface area contributed by atoms with Crippen LogP contribution in [0, 0.1) is 10.8 Å². The van der Waals surface area contributed by atoms with Crippen molar-refractivity contribution in [2.75, 3.05) is 12.3 Å². The second-order valence-corrected chi connectivity index (χ2v) is 13.0. The van der Waals surface area contributed by atoms with Crippen molar-refractivity contribution in [3.8, 4) is 0 Å². The molecule has 0 saturated carbocycles. The van der Waals surface area contributed by atoms with Crippen LogP contribution in [0.3, 0.4) is 0 Å². The molecule has 1 aliphatic heterocycles. The number of pyridine rings is 1. The number of imide groups is 1. The first kappa shape index (κ1) is 27.7. The molecule has 1 aromatic heterocycles. The third-order valence-electron chi connectivity index (χ3n) is 5.33. The highest BCUT2D eigenvalue weighted by atomic mass is 33.1. The van der Waals surface area contributed by atoms with Gasteiger partial charge in [-0.3, -0.25) is 24.1 Å². The summed E-state index contributed by atoms with van der Waals surface area (Å²) in [4.78, 5) is 54.6. The van der Waals surface area contributed by atoms with Gasteiger partial charge in [0.2, 0.25) is 11.8 Å². The Balaban J connectivity index is 1.83. The zero-order chi connectivity index (χ0) is 24.8. The van der Waals surface area contributed by atoms with Gasteiger partial charge >= 0.3 is 0 Å². The van der Waals surface area contributed by atoms with Crippen LogP contribution < -0.4 is 0 Å². The van der Waals surface area contributed by atoms with E-state index < -0.39 is 45.5 Å². The zero-order valence-electron chi connectivity index (χ0n) is 19.2. The summed E-state index contributed by atoms with van der Waals surface area (Å²) in [5, 5.41) is -0.413. The van der Waals surface area contributed by atoms with E-state index in [-0.39, 0.29) is 24.4 Å². The van der Waals surface area contributed by atoms with Gasteiger partial charge in [0, 0.05) is 30.2 Å². The first-order valence-electron chi connectivity index (χ1n) is 10.5. The van der Waals surface area contributed by atoms with E-state index in [0.29, 0.717) is 18.6 Å². The van der Waals surface area contributed by atoms with Gasteiger partial charge in [-0.05, 0) is 34.8 Å². The lowest BCUT2D eigenvalue weighted by Gasteiger charge is -2.34. The molecule has 1 N–H and O–H groups in total. The molecule has 2 amide bonds. The molecule has 33 heavy (non-hydrogen) atoms. The molecule has 2 unspecified atom stereocenters. The average molecular weight is 515 g/mol. The highest BCUT2D eigenvalue weighted by molar-refractivity contribution is 8.76. The molecule has 0 aliphatic carbocycles. The summed E-state index contributed by atoms with van der Waals surface area (Å²) >= 11 is -2.45. The molecule has 0 aromatic carbocycles. The third kappa shape index (κ3) is 8.31. The van der Waals surface area contributed by atoms with Gasteiger partial charge in [-0.1, -0.05) is 44.6 Å². The number of hydrogen-bond donors (Lipinski definition) is 1. The van der Waals surface area contributed by atoms with Gasteiger partial charge < -0.3 is 4.55 Å². The Labute approximate surface area is 204 Å². The van der Waals surface area contributed by atoms with Gasteiger partial charge in [-0.15, -0.1) is 0 Å². The molecule has 0 bridgehead atoms. The van der Waals surface area contributed by atoms with Crippen molar-refractivity contribution in [3.63, 3.8) is 0 Å². The Bertz CT molecular complexity index is 920. The molecule has 2 rings (SSSR count). The Morgan fingerprint density at radius 1 is 1.24 bits per heavy atom. The van der Waals surface area contributed by atoms with Crippen LogP contribution in [-0.2, 0) is 30.3 Å². The maximum Gasteiger partial charge on any atom is 0.248 e. The smallest absolute Gasteiger partial charge is 0.248 e. The summed E-state index contributed by atoms with van der Waals surface area (Å²) in [5.41, 5.74) is -1.17. The van der Waals surface area contributed by atoms with E-state index in [1.807, 2.05) is 45.9 Å². The molecule has 2 heterocycles. The summed E-state index contributed by atoms with van der Waals surface area (Å²) in [6, 6.07) is 5.67. The van der Waals surface area contributed by atoms with Crippen molar-refractivity contribution < 1.29 is 27.9 Å². The summed E-state index contributed by atoms with van der Waals surface area (Å²) in [5.74, 6) is -0.972. The minimum absolute atomic E-state index is 0.0813. The van der Waals surface area contributed by atoms with Crippen molar-refractivity contribution in [2.24, 2.45) is 10.8 Å². The molecule has 1 saturated heterocycles. The van der Waals surface area contributed by atoms with Crippen molar-refractivity contribution in [1.29, 1.82) is 0 Å². The second kappa shape index (κ2) is 11.7. The van der Waals surface area contributed by atoms with E-state index >= 15 is 0 Å². The molecule has 0 spiro atoms. The average Bonchev–Trinajstić information content (AvgIpc) is 2.99. The fourth-order valence-electron chi connectivity index (χ4n) is 4.07. The number of nitrogens with zero attached hydrogens (tertiary/aromatic N) is 2. The molecular formula is C22H30N2O6S3. The third-order valence-corrected chi connectivity index (χ3v) is 8.45. The van der Waals surface area contributed by atoms with Crippen LogP contribution in [0.25, 0.3) is 0 Å². The number of likely N-dealkylation sites (tertiary alicyclic amines) is 1. The second-order valence-electron chi connectivity index (χ2n) is 9.47. The molecule has 1 fully saturated rings. The van der Waals surface area contributed by atoms with E-state index in [4.69, 9.17) is 4.55 Å². The fraction of sp³-hybridized carbons (Fsp3) is 0.591. The number of aromatic nitrogens is 1. The number of hydrogen-bond acceptors (Lipinski definition) is 8. The number of rotatable bonds is 13. The Morgan fingerprint density at radius 2 is 1.94 bits per heavy atom. The highest BCUT2D eigenvalue weighted by Gasteiger charge is 2.43. The standard InChI is InChI=1S/C22H30N2O6S3/c1-21(2,12-15(25)13-24-19(27)11-16(20(24)28)33(29)30)14-22(3,4)17(26)8-10-31-32-18-7-5-6-9-23-18/h5-7,9,16H,8,10-14H2,1-4H3,(H,29,30). The lowest BCUT2D eigenvalue weighted by atomic mass is 9.70. The number of carbonyl (C=O) groups is 4. The summed E-state index contributed by atoms with van der Waals surface area (Å²) in [7, 11) is 3.10. The fourth-order valence-corrected chi connectivity index (χ4v) is 6.52. The van der Waals surface area contributed by atoms with Gasteiger partial charge in [-0.2, -0.15) is 0 Å². The Hall–Kier alpha value is -1.56. The van der Waals surface area contributed by atoms with E-state index in [9.17, 15) is 23.4 Å². The van der Waals surface area contributed by atoms with Crippen molar-refractivity contribution >= 4 is 56.0 Å². The van der Waals surface area contributed by atoms with Crippen LogP contribution in [0.5, 0.6) is 0 Å². The summed E-state index contributed by atoms with van der Waals surface area (Å²) in [6.07, 6.45) is 2.31. The van der Waals surface area contributed by atoms with Gasteiger partial charge in [0.05, 0.1) is 13.0 Å². The normalized spacial score (nSPS) is 18.0. The molecule has 1 aliphatic rings. The Kier molecular flexibility index (Phi) is 9.83. The Morgan fingerprint density at radius 3 is 2.52 bits per heavy atom. The van der Waals surface area contributed by atoms with Gasteiger partial charge in [0.25, 0.3) is 0 Å². The maximum atomic E-state index is 12.8. The molecule has 0 radical (unpaired) electrons. The van der Waals surface area contributed by atoms with Crippen LogP contribution in [0.2, 0.25) is 0 Å². The quantitative estimate of drug-likeness (QED) is 0.182. The number of ketones is 2. The molecule has 182 valence electrons. The van der Waals surface area contributed by atoms with Gasteiger partial charge in [-0.25, -0.2) is 9.19 Å². The molecule has 8 nitrogen and oxygen atoms in total. The zero-order valence-corrected chi connectivity index (χ0v) is 21.7. The van der Waals surface area contributed by atoms with E-state index in [0.717, 1.165) is 9.93 Å². The van der Waals surface area contributed by atoms with E-state index in [1.165, 1.54) is 10.8 Å². The molecule has 11 heteroatoms. The summed E-state index contributed by atoms with van der Waals surface area (Å²) < 4.78 is 20.3. The molecule has 1 aromatic rings. The van der Waals surface area contributed by atoms with Crippen molar-refractivity contribution in [1.82, 2.24) is 9.88 Å². The highest BCUT2D eigenvalue weighted by Crippen LogP contribution is 2.39. The first-order chi connectivity index (χ1) is 15.3. The minimum Gasteiger partial charge on any atom is -0.305 e. The van der Waals surface area contributed by atoms with Crippen LogP contribution in [-0.4, -0.2) is 59.6 Å². The lowest BCUT2D eigenvalue weighted by molar-refractivity contribution is -0.142. The first-order valence-corrected chi connectivity index (χ1v) is 14.0. The minimum atomic E-state index is -2.45. The number of carbonyl (C=O) groups excluding carboxylic acids is 4. The maximum absolute atomic E-state index is 12.8. The SMILES string of the molecule is CC(C)(CC(=O)CN1C(=O)CC(S(=O)O)C1=O)CC(C)(C)C(=O)CCSSc1ccccn1. The predicted molar refractivity (Wildman–Crippen MR) is 130 cm³/mol. The largest absolute Gasteiger partial charge is 0.305 e. The van der Waals surface area contributed by atoms with Crippen LogP contribution in [0.4, 0.5) is 0 Å². The van der Waals surface area contributed by atoms with Crippen molar-refractivity contribution in [2.45, 2.75) is 63.7 Å². The topological polar surface area (TPSA) is 122 Å². The van der Waals surface area contributed by atoms with Crippen LogP contribution in [0.15, 0.2) is 29.4 Å². The molecule has 2 atom stereocenters. The lowest BCUT2D eigenvalue weighted by Crippen LogP contribution is -2.39. The predicted octanol–water partition coefficient (Wildman–Crippen LogP) is 3.53. The van der Waals surface area contributed by atoms with Gasteiger partial charge in [0.15, 0.2) is 16.9 Å². The van der Waals surface area contributed by atoms with E-state index in [1.54, 1.807) is 17.0 Å². The summed E-state index contributed by atoms with van der Waals surface area (Å²) in [6.45, 7) is 7.08. The number of Topliss-reactive ketones (excluding diaryl/α,β-unsaturated/α-hetero) is 2. The van der Waals surface area contributed by atoms with Crippen molar-refractivity contribution in [3.05, 3.63) is 24.4 Å². The van der Waals surface area contributed by atoms with Crippen LogP contribution >= 0.6 is 21.6 Å². The number of amides is 2.